The quantitative estimate of drug-likeness (QED) is 0.654. The average Bonchev–Trinajstić information content (AvgIpc) is 2.49. The molecule has 1 amide bonds. The molecule has 134 valence electrons. The minimum absolute atomic E-state index is 0.0357. The van der Waals surface area contributed by atoms with Crippen LogP contribution in [0.4, 0.5) is 0 Å². The van der Waals surface area contributed by atoms with Gasteiger partial charge < -0.3 is 10.0 Å². The number of carbonyl (C=O) groups excluding carboxylic acids is 1. The van der Waals surface area contributed by atoms with Gasteiger partial charge in [-0.3, -0.25) is 9.59 Å². The molecule has 23 heavy (non-hydrogen) atoms. The molecule has 8 heteroatoms. The third kappa shape index (κ3) is 6.87. The maximum atomic E-state index is 12.1. The minimum Gasteiger partial charge on any atom is -0.480 e. The lowest BCUT2D eigenvalue weighted by atomic mass is 10.00. The van der Waals surface area contributed by atoms with E-state index in [0.717, 1.165) is 25.7 Å². The lowest BCUT2D eigenvalue weighted by Crippen LogP contribution is -2.45. The van der Waals surface area contributed by atoms with Crippen molar-refractivity contribution in [3.05, 3.63) is 0 Å². The molecule has 0 aliphatic carbocycles. The second-order valence-electron chi connectivity index (χ2n) is 6.12. The molecule has 1 saturated heterocycles. The summed E-state index contributed by atoms with van der Waals surface area (Å²) in [5.74, 6) is -1.34. The first-order valence-electron chi connectivity index (χ1n) is 8.27. The molecule has 1 heterocycles. The highest BCUT2D eigenvalue weighted by Crippen LogP contribution is 2.20. The average molecular weight is 348 g/mol. The SMILES string of the molecule is CCCCC(NS(=O)(=O)CCC1CCCCN1C(C)=O)C(=O)O. The third-order valence-corrected chi connectivity index (χ3v) is 5.63. The molecule has 0 radical (unpaired) electrons. The van der Waals surface area contributed by atoms with Crippen LogP contribution in [0.15, 0.2) is 0 Å². The minimum atomic E-state index is -3.67. The molecule has 2 atom stereocenters. The number of sulfonamides is 1. The van der Waals surface area contributed by atoms with Gasteiger partial charge in [0.2, 0.25) is 15.9 Å². The summed E-state index contributed by atoms with van der Waals surface area (Å²) in [4.78, 5) is 24.5. The van der Waals surface area contributed by atoms with E-state index in [1.807, 2.05) is 6.92 Å². The van der Waals surface area contributed by atoms with Crippen molar-refractivity contribution in [3.63, 3.8) is 0 Å². The largest absolute Gasteiger partial charge is 0.480 e. The lowest BCUT2D eigenvalue weighted by molar-refractivity contribution is -0.139. The van der Waals surface area contributed by atoms with E-state index in [1.165, 1.54) is 6.92 Å². The van der Waals surface area contributed by atoms with E-state index in [1.54, 1.807) is 4.90 Å². The summed E-state index contributed by atoms with van der Waals surface area (Å²) in [5, 5.41) is 9.12. The van der Waals surface area contributed by atoms with E-state index in [4.69, 9.17) is 5.11 Å². The summed E-state index contributed by atoms with van der Waals surface area (Å²) in [7, 11) is -3.67. The van der Waals surface area contributed by atoms with Gasteiger partial charge in [0, 0.05) is 19.5 Å². The van der Waals surface area contributed by atoms with Crippen molar-refractivity contribution >= 4 is 21.9 Å². The predicted molar refractivity (Wildman–Crippen MR) is 87.5 cm³/mol. The van der Waals surface area contributed by atoms with Crippen LogP contribution in [-0.4, -0.2) is 54.7 Å². The van der Waals surface area contributed by atoms with Gasteiger partial charge >= 0.3 is 5.97 Å². The summed E-state index contributed by atoms with van der Waals surface area (Å²) in [6.45, 7) is 4.09. The van der Waals surface area contributed by atoms with Crippen molar-refractivity contribution in [1.82, 2.24) is 9.62 Å². The molecule has 2 unspecified atom stereocenters. The molecule has 7 nitrogen and oxygen atoms in total. The molecular formula is C15H28N2O5S. The van der Waals surface area contributed by atoms with E-state index in [2.05, 4.69) is 4.72 Å². The van der Waals surface area contributed by atoms with E-state index in [0.29, 0.717) is 19.4 Å². The molecule has 1 aliphatic heterocycles. The molecule has 0 aromatic carbocycles. The maximum absolute atomic E-state index is 12.1. The number of hydrogen-bond acceptors (Lipinski definition) is 4. The normalized spacial score (nSPS) is 20.3. The maximum Gasteiger partial charge on any atom is 0.321 e. The Balaban J connectivity index is 2.59. The lowest BCUT2D eigenvalue weighted by Gasteiger charge is -2.35. The Morgan fingerprint density at radius 3 is 2.61 bits per heavy atom. The zero-order valence-electron chi connectivity index (χ0n) is 14.0. The number of amides is 1. The molecule has 1 rings (SSSR count). The molecule has 0 aromatic rings. The number of rotatable bonds is 9. The first-order chi connectivity index (χ1) is 10.8. The van der Waals surface area contributed by atoms with Crippen molar-refractivity contribution in [2.24, 2.45) is 0 Å². The van der Waals surface area contributed by atoms with Gasteiger partial charge in [-0.05, 0) is 32.1 Å². The zero-order chi connectivity index (χ0) is 17.5. The molecule has 2 N–H and O–H groups in total. The third-order valence-electron chi connectivity index (χ3n) is 4.22. The molecular weight excluding hydrogens is 320 g/mol. The van der Waals surface area contributed by atoms with E-state index >= 15 is 0 Å². The number of hydrogen-bond donors (Lipinski definition) is 2. The number of likely N-dealkylation sites (tertiary alicyclic amines) is 1. The van der Waals surface area contributed by atoms with Crippen LogP contribution in [0, 0.1) is 0 Å². The van der Waals surface area contributed by atoms with Crippen molar-refractivity contribution in [2.75, 3.05) is 12.3 Å². The second kappa shape index (κ2) is 9.22. The Bertz CT molecular complexity index is 506. The summed E-state index contributed by atoms with van der Waals surface area (Å²) >= 11 is 0. The highest BCUT2D eigenvalue weighted by atomic mass is 32.2. The van der Waals surface area contributed by atoms with Gasteiger partial charge in [0.05, 0.1) is 5.75 Å². The van der Waals surface area contributed by atoms with E-state index < -0.39 is 22.0 Å². The van der Waals surface area contributed by atoms with E-state index in [9.17, 15) is 18.0 Å². The monoisotopic (exact) mass is 348 g/mol. The van der Waals surface area contributed by atoms with Gasteiger partial charge in [-0.1, -0.05) is 19.8 Å². The highest BCUT2D eigenvalue weighted by molar-refractivity contribution is 7.89. The first kappa shape index (κ1) is 19.9. The Kier molecular flexibility index (Phi) is 7.98. The van der Waals surface area contributed by atoms with Gasteiger partial charge in [-0.25, -0.2) is 13.1 Å². The number of carboxylic acid groups (broad SMARTS) is 1. The molecule has 0 saturated carbocycles. The van der Waals surface area contributed by atoms with Crippen LogP contribution in [0.25, 0.3) is 0 Å². The number of nitrogens with one attached hydrogen (secondary N) is 1. The van der Waals surface area contributed by atoms with Crippen molar-refractivity contribution < 1.29 is 23.1 Å². The van der Waals surface area contributed by atoms with Crippen molar-refractivity contribution in [1.29, 1.82) is 0 Å². The fraction of sp³-hybridized carbons (Fsp3) is 0.867. The first-order valence-corrected chi connectivity index (χ1v) is 9.92. The molecule has 0 aromatic heterocycles. The topological polar surface area (TPSA) is 104 Å². The highest BCUT2D eigenvalue weighted by Gasteiger charge is 2.28. The van der Waals surface area contributed by atoms with E-state index in [-0.39, 0.29) is 24.1 Å². The van der Waals surface area contributed by atoms with Gasteiger partial charge in [-0.15, -0.1) is 0 Å². The van der Waals surface area contributed by atoms with Crippen molar-refractivity contribution in [2.45, 2.75) is 70.9 Å². The number of carbonyl (C=O) groups is 2. The fourth-order valence-electron chi connectivity index (χ4n) is 2.92. The molecule has 0 spiro atoms. The number of carboxylic acids is 1. The summed E-state index contributed by atoms with van der Waals surface area (Å²) in [5.41, 5.74) is 0. The number of piperidine rings is 1. The van der Waals surface area contributed by atoms with Crippen LogP contribution in [0.2, 0.25) is 0 Å². The smallest absolute Gasteiger partial charge is 0.321 e. The Labute approximate surface area is 138 Å². The summed E-state index contributed by atoms with van der Waals surface area (Å²) in [6.07, 6.45) is 4.81. The Morgan fingerprint density at radius 2 is 2.04 bits per heavy atom. The second-order valence-corrected chi connectivity index (χ2v) is 7.99. The van der Waals surface area contributed by atoms with Gasteiger partial charge in [0.1, 0.15) is 6.04 Å². The molecule has 1 fully saturated rings. The predicted octanol–water partition coefficient (Wildman–Crippen LogP) is 1.34. The Morgan fingerprint density at radius 1 is 1.35 bits per heavy atom. The van der Waals surface area contributed by atoms with Crippen LogP contribution in [0.5, 0.6) is 0 Å². The Hall–Kier alpha value is -1.15. The van der Waals surface area contributed by atoms with Gasteiger partial charge in [0.25, 0.3) is 0 Å². The van der Waals surface area contributed by atoms with Crippen LogP contribution in [0.1, 0.15) is 58.8 Å². The van der Waals surface area contributed by atoms with Crippen LogP contribution >= 0.6 is 0 Å². The summed E-state index contributed by atoms with van der Waals surface area (Å²) < 4.78 is 26.6. The van der Waals surface area contributed by atoms with Crippen LogP contribution in [0.3, 0.4) is 0 Å². The number of nitrogens with zero attached hydrogens (tertiary/aromatic N) is 1. The van der Waals surface area contributed by atoms with Gasteiger partial charge in [-0.2, -0.15) is 0 Å². The standard InChI is InChI=1S/C15H28N2O5S/c1-3-4-8-14(15(19)20)16-23(21,22)11-9-13-7-5-6-10-17(13)12(2)18/h13-14,16H,3-11H2,1-2H3,(H,19,20). The molecule has 0 bridgehead atoms. The zero-order valence-corrected chi connectivity index (χ0v) is 14.8. The van der Waals surface area contributed by atoms with Crippen LogP contribution in [-0.2, 0) is 19.6 Å². The van der Waals surface area contributed by atoms with Crippen molar-refractivity contribution in [3.8, 4) is 0 Å². The summed E-state index contributed by atoms with van der Waals surface area (Å²) in [6, 6.07) is -1.15. The number of unbranched alkanes of at least 4 members (excludes halogenated alkanes) is 1. The van der Waals surface area contributed by atoms with Crippen LogP contribution < -0.4 is 4.72 Å². The molecule has 1 aliphatic rings. The fourth-order valence-corrected chi connectivity index (χ4v) is 4.28. The number of aliphatic carboxylic acids is 1. The van der Waals surface area contributed by atoms with Gasteiger partial charge in [0.15, 0.2) is 0 Å².